The molecule has 29 heavy (non-hydrogen) atoms. The van der Waals surface area contributed by atoms with Crippen LogP contribution >= 0.6 is 24.0 Å². The fourth-order valence-electron chi connectivity index (χ4n) is 2.63. The van der Waals surface area contributed by atoms with Crippen LogP contribution in [-0.2, 0) is 20.9 Å². The lowest BCUT2D eigenvalue weighted by molar-refractivity contribution is -0.145. The minimum atomic E-state index is -0.492. The number of thiocarbonyl (C=S) groups is 1. The Hall–Kier alpha value is -2.78. The van der Waals surface area contributed by atoms with Gasteiger partial charge in [-0.25, -0.2) is 4.79 Å². The number of amides is 1. The van der Waals surface area contributed by atoms with Gasteiger partial charge in [-0.05, 0) is 31.2 Å². The molecule has 3 rings (SSSR count). The summed E-state index contributed by atoms with van der Waals surface area (Å²) in [5.41, 5.74) is 0.590. The van der Waals surface area contributed by atoms with Gasteiger partial charge in [-0.1, -0.05) is 36.1 Å². The molecule has 0 unspecified atom stereocenters. The molecule has 9 heteroatoms. The van der Waals surface area contributed by atoms with Gasteiger partial charge >= 0.3 is 5.97 Å². The van der Waals surface area contributed by atoms with E-state index in [1.807, 2.05) is 0 Å². The SMILES string of the molecule is CCOC(=O)COc1c(/C=C2\SC(=S)N(Cc3ccco3)C2=O)cccc1OC. The van der Waals surface area contributed by atoms with E-state index in [0.29, 0.717) is 32.0 Å². The number of benzene rings is 1. The molecular formula is C20H19NO6S2. The van der Waals surface area contributed by atoms with Gasteiger partial charge in [-0.15, -0.1) is 0 Å². The Morgan fingerprint density at radius 2 is 2.14 bits per heavy atom. The lowest BCUT2D eigenvalue weighted by atomic mass is 10.1. The first-order chi connectivity index (χ1) is 14.0. The molecule has 1 aliphatic heterocycles. The Morgan fingerprint density at radius 1 is 1.31 bits per heavy atom. The Kier molecular flexibility index (Phi) is 6.95. The van der Waals surface area contributed by atoms with Gasteiger partial charge in [-0.3, -0.25) is 9.69 Å². The average molecular weight is 434 g/mol. The third-order valence-corrected chi connectivity index (χ3v) is 5.30. The standard InChI is InChI=1S/C20H19NO6S2/c1-3-25-17(22)12-27-18-13(6-4-8-15(18)24-2)10-16-19(23)21(20(28)29-16)11-14-7-5-9-26-14/h4-10H,3,11-12H2,1-2H3/b16-10-. The number of thioether (sulfide) groups is 1. The van der Waals surface area contributed by atoms with Gasteiger partial charge in [0.15, 0.2) is 18.1 Å². The third kappa shape index (κ3) is 4.99. The zero-order valence-corrected chi connectivity index (χ0v) is 17.5. The summed E-state index contributed by atoms with van der Waals surface area (Å²) in [5.74, 6) is 0.709. The third-order valence-electron chi connectivity index (χ3n) is 3.92. The predicted octanol–water partition coefficient (Wildman–Crippen LogP) is 3.63. The first-order valence-electron chi connectivity index (χ1n) is 8.76. The fraction of sp³-hybridized carbons (Fsp3) is 0.250. The molecule has 0 bridgehead atoms. The number of carbonyl (C=O) groups is 2. The average Bonchev–Trinajstić information content (AvgIpc) is 3.31. The van der Waals surface area contributed by atoms with Crippen LogP contribution in [0.25, 0.3) is 6.08 Å². The predicted molar refractivity (Wildman–Crippen MR) is 113 cm³/mol. The maximum atomic E-state index is 12.8. The van der Waals surface area contributed by atoms with Crippen molar-refractivity contribution in [2.24, 2.45) is 0 Å². The van der Waals surface area contributed by atoms with Crippen molar-refractivity contribution in [1.82, 2.24) is 4.90 Å². The molecule has 1 aromatic carbocycles. The lowest BCUT2D eigenvalue weighted by Gasteiger charge is -2.13. The van der Waals surface area contributed by atoms with Crippen molar-refractivity contribution < 1.29 is 28.2 Å². The van der Waals surface area contributed by atoms with Gasteiger partial charge in [0.1, 0.15) is 10.1 Å². The number of methoxy groups -OCH3 is 1. The van der Waals surface area contributed by atoms with Gasteiger partial charge in [0, 0.05) is 5.56 Å². The number of hydrogen-bond donors (Lipinski definition) is 0. The number of hydrogen-bond acceptors (Lipinski definition) is 8. The second kappa shape index (κ2) is 9.62. The summed E-state index contributed by atoms with van der Waals surface area (Å²) < 4.78 is 21.6. The van der Waals surface area contributed by atoms with Gasteiger partial charge in [0.25, 0.3) is 5.91 Å². The van der Waals surface area contributed by atoms with E-state index in [4.69, 9.17) is 30.8 Å². The Bertz CT molecular complexity index is 938. The van der Waals surface area contributed by atoms with Crippen LogP contribution in [0.1, 0.15) is 18.2 Å². The zero-order chi connectivity index (χ0) is 20.8. The van der Waals surface area contributed by atoms with Gasteiger partial charge in [0.2, 0.25) is 0 Å². The summed E-state index contributed by atoms with van der Waals surface area (Å²) in [6.45, 7) is 1.98. The van der Waals surface area contributed by atoms with E-state index < -0.39 is 5.97 Å². The van der Waals surface area contributed by atoms with E-state index in [0.717, 1.165) is 0 Å². The monoisotopic (exact) mass is 433 g/mol. The normalized spacial score (nSPS) is 15.1. The lowest BCUT2D eigenvalue weighted by Crippen LogP contribution is -2.27. The van der Waals surface area contributed by atoms with Gasteiger partial charge < -0.3 is 18.6 Å². The zero-order valence-electron chi connectivity index (χ0n) is 15.9. The van der Waals surface area contributed by atoms with Crippen LogP contribution in [-0.4, -0.2) is 41.4 Å². The number of ether oxygens (including phenoxy) is 3. The van der Waals surface area contributed by atoms with Gasteiger partial charge in [-0.2, -0.15) is 0 Å². The van der Waals surface area contributed by atoms with E-state index in [1.54, 1.807) is 49.6 Å². The minimum Gasteiger partial charge on any atom is -0.493 e. The van der Waals surface area contributed by atoms with E-state index >= 15 is 0 Å². The van der Waals surface area contributed by atoms with Crippen LogP contribution in [0.3, 0.4) is 0 Å². The van der Waals surface area contributed by atoms with Crippen LogP contribution in [0.4, 0.5) is 0 Å². The largest absolute Gasteiger partial charge is 0.493 e. The first-order valence-corrected chi connectivity index (χ1v) is 9.99. The van der Waals surface area contributed by atoms with Crippen molar-refractivity contribution >= 4 is 46.3 Å². The topological polar surface area (TPSA) is 78.2 Å². The molecule has 0 aliphatic carbocycles. The number of furan rings is 1. The first kappa shape index (κ1) is 20.9. The summed E-state index contributed by atoms with van der Waals surface area (Å²) in [5, 5.41) is 0. The Balaban J connectivity index is 1.84. The number of para-hydroxylation sites is 1. The quantitative estimate of drug-likeness (QED) is 0.355. The molecule has 0 spiro atoms. The van der Waals surface area contributed by atoms with E-state index in [-0.39, 0.29) is 25.7 Å². The molecule has 7 nitrogen and oxygen atoms in total. The molecule has 0 atom stereocenters. The van der Waals surface area contributed by atoms with Crippen LogP contribution in [0.2, 0.25) is 0 Å². The second-order valence-electron chi connectivity index (χ2n) is 5.82. The van der Waals surface area contributed by atoms with Crippen molar-refractivity contribution in [3.8, 4) is 11.5 Å². The molecule has 0 N–H and O–H groups in total. The number of carbonyl (C=O) groups excluding carboxylic acids is 2. The summed E-state index contributed by atoms with van der Waals surface area (Å²) >= 11 is 6.54. The highest BCUT2D eigenvalue weighted by atomic mass is 32.2. The molecule has 0 saturated carbocycles. The summed E-state index contributed by atoms with van der Waals surface area (Å²) in [7, 11) is 1.50. The smallest absolute Gasteiger partial charge is 0.344 e. The highest BCUT2D eigenvalue weighted by molar-refractivity contribution is 8.26. The van der Waals surface area contributed by atoms with E-state index in [2.05, 4.69) is 0 Å². The molecule has 1 aromatic heterocycles. The van der Waals surface area contributed by atoms with Crippen molar-refractivity contribution in [2.45, 2.75) is 13.5 Å². The number of rotatable bonds is 8. The molecule has 152 valence electrons. The summed E-state index contributed by atoms with van der Waals surface area (Å²) in [4.78, 5) is 26.4. The molecular weight excluding hydrogens is 414 g/mol. The maximum Gasteiger partial charge on any atom is 0.344 e. The second-order valence-corrected chi connectivity index (χ2v) is 7.50. The Labute approximate surface area is 177 Å². The summed E-state index contributed by atoms with van der Waals surface area (Å²) in [6.07, 6.45) is 3.22. The number of esters is 1. The minimum absolute atomic E-state index is 0.226. The van der Waals surface area contributed by atoms with Crippen molar-refractivity contribution in [3.63, 3.8) is 0 Å². The van der Waals surface area contributed by atoms with Crippen molar-refractivity contribution in [2.75, 3.05) is 20.3 Å². The number of nitrogens with zero attached hydrogens (tertiary/aromatic N) is 1. The molecule has 1 fully saturated rings. The Morgan fingerprint density at radius 3 is 2.83 bits per heavy atom. The molecule has 1 amide bonds. The molecule has 2 aromatic rings. The van der Waals surface area contributed by atoms with Gasteiger partial charge in [0.05, 0.1) is 31.4 Å². The van der Waals surface area contributed by atoms with Crippen LogP contribution in [0.5, 0.6) is 11.5 Å². The molecule has 0 radical (unpaired) electrons. The summed E-state index contributed by atoms with van der Waals surface area (Å²) in [6, 6.07) is 8.78. The molecule has 1 saturated heterocycles. The van der Waals surface area contributed by atoms with Crippen molar-refractivity contribution in [1.29, 1.82) is 0 Å². The fourth-order valence-corrected chi connectivity index (χ4v) is 3.88. The molecule has 2 heterocycles. The van der Waals surface area contributed by atoms with E-state index in [9.17, 15) is 9.59 Å². The molecule has 1 aliphatic rings. The highest BCUT2D eigenvalue weighted by Crippen LogP contribution is 2.38. The van der Waals surface area contributed by atoms with Crippen LogP contribution in [0.15, 0.2) is 45.9 Å². The van der Waals surface area contributed by atoms with E-state index in [1.165, 1.54) is 23.8 Å². The van der Waals surface area contributed by atoms with Crippen molar-refractivity contribution in [3.05, 3.63) is 52.8 Å². The highest BCUT2D eigenvalue weighted by Gasteiger charge is 2.33. The van der Waals surface area contributed by atoms with Crippen LogP contribution < -0.4 is 9.47 Å². The van der Waals surface area contributed by atoms with Crippen LogP contribution in [0, 0.1) is 0 Å². The maximum absolute atomic E-state index is 12.8.